The fraction of sp³-hybridized carbons (Fsp3) is 0.349. The van der Waals surface area contributed by atoms with Crippen LogP contribution in [0.1, 0.15) is 149 Å². The van der Waals surface area contributed by atoms with Crippen molar-refractivity contribution in [1.82, 2.24) is 38.2 Å². The Morgan fingerprint density at radius 1 is 0.364 bits per heavy atom. The zero-order valence-electron chi connectivity index (χ0n) is 65.9. The first-order valence-corrected chi connectivity index (χ1v) is 37.2. The fourth-order valence-electron chi connectivity index (χ4n) is 13.5. The van der Waals surface area contributed by atoms with Gasteiger partial charge in [0.1, 0.15) is 5.75 Å². The number of halogens is 13. The van der Waals surface area contributed by atoms with Crippen LogP contribution in [0.4, 0.5) is 80.9 Å². The summed E-state index contributed by atoms with van der Waals surface area (Å²) < 4.78 is 186. The molecular formula is C86H89F13N12O7. The van der Waals surface area contributed by atoms with Crippen molar-refractivity contribution in [3.05, 3.63) is 197 Å². The van der Waals surface area contributed by atoms with Gasteiger partial charge in [-0.05, 0) is 206 Å². The van der Waals surface area contributed by atoms with Crippen molar-refractivity contribution in [2.24, 2.45) is 21.7 Å². The molecule has 2 aliphatic carbocycles. The summed E-state index contributed by atoms with van der Waals surface area (Å²) in [5, 5.41) is 11.2. The maximum absolute atomic E-state index is 14.4. The number of benzene rings is 8. The molecular weight excluding hydrogens is 1560 g/mol. The Kier molecular flexibility index (Phi) is 26.0. The minimum atomic E-state index is -5.01. The number of ether oxygens (including phenoxy) is 3. The summed E-state index contributed by atoms with van der Waals surface area (Å²) in [6, 6.07) is 37.4. The standard InChI is InChI=1S/C22H21F4N3O2.C22H22F3N3O2.C21H21F4N3O2.C20H21F2N3O.CH4/c1-13-4-6-16-17(10-13)29(14-5-7-18(15(23)11-14)31-22(24,25)26)20(27-16)28-19(30)12-21(2)8-3-9-21;1-14-4-9-17-18(12-14)28(15-5-7-16(8-6-15)30-22(23,24)25)20(26-17)27-19(29)13-21(2)10-3-11-21;1-12-5-7-15-16(9-12)28(19(26-15)27-18(29)11-20(2,3)4)13-6-8-17(14(22)10-13)30-21(23,24)25;1-12-5-8-16-17(9-12)25(13-6-7-14(21)15(22)10-13)19(23-16)24-18(26)11-20(2,3)4;/h4-7,10-11H,3,8-9,12H2,1-2H3,(H,27,28,30);4-9,12H,3,10-11,13H2,1-2H3,(H,26,27,29);5-10H,11H2,1-4H3,(H,26,27,29);5-10H,11H2,1-4H3,(H,23,24,26);1H4. The van der Waals surface area contributed by atoms with E-state index in [1.807, 2.05) is 124 Å². The molecule has 0 radical (unpaired) electrons. The lowest BCUT2D eigenvalue weighted by Gasteiger charge is -2.37. The first-order chi connectivity index (χ1) is 54.6. The second kappa shape index (κ2) is 34.7. The van der Waals surface area contributed by atoms with Crippen molar-refractivity contribution >= 4 is 91.6 Å². The third-order valence-electron chi connectivity index (χ3n) is 19.2. The third kappa shape index (κ3) is 22.8. The van der Waals surface area contributed by atoms with Gasteiger partial charge in [0, 0.05) is 49.6 Å². The number of nitrogens with zero attached hydrogens (tertiary/aromatic N) is 8. The van der Waals surface area contributed by atoms with Crippen LogP contribution in [-0.2, 0) is 19.2 Å². The summed E-state index contributed by atoms with van der Waals surface area (Å²) in [4.78, 5) is 68.0. The van der Waals surface area contributed by atoms with E-state index in [0.29, 0.717) is 75.2 Å². The molecule has 0 atom stereocenters. The maximum Gasteiger partial charge on any atom is 0.573 e. The number of anilines is 4. The smallest absolute Gasteiger partial charge is 0.406 e. The van der Waals surface area contributed by atoms with Crippen molar-refractivity contribution in [3.8, 4) is 40.0 Å². The van der Waals surface area contributed by atoms with Crippen LogP contribution >= 0.6 is 0 Å². The lowest BCUT2D eigenvalue weighted by atomic mass is 9.68. The highest BCUT2D eigenvalue weighted by atomic mass is 19.4. The molecule has 118 heavy (non-hydrogen) atoms. The Balaban J connectivity index is 0.000000166. The van der Waals surface area contributed by atoms with Gasteiger partial charge < -0.3 is 14.2 Å². The van der Waals surface area contributed by atoms with E-state index in [9.17, 15) is 76.3 Å². The lowest BCUT2D eigenvalue weighted by Crippen LogP contribution is -2.31. The normalized spacial score (nSPS) is 13.8. The summed E-state index contributed by atoms with van der Waals surface area (Å²) in [5.41, 5.74) is 9.79. The highest BCUT2D eigenvalue weighted by Crippen LogP contribution is 2.45. The number of hydrogen-bond acceptors (Lipinski definition) is 11. The van der Waals surface area contributed by atoms with E-state index in [-0.39, 0.29) is 94.1 Å². The van der Waals surface area contributed by atoms with Gasteiger partial charge in [-0.25, -0.2) is 37.5 Å². The fourth-order valence-corrected chi connectivity index (χ4v) is 13.5. The molecule has 19 nitrogen and oxygen atoms in total. The lowest BCUT2D eigenvalue weighted by molar-refractivity contribution is -0.276. The van der Waals surface area contributed by atoms with Crippen LogP contribution in [0.2, 0.25) is 0 Å². The van der Waals surface area contributed by atoms with Crippen LogP contribution in [0.15, 0.2) is 152 Å². The van der Waals surface area contributed by atoms with Crippen molar-refractivity contribution in [2.75, 3.05) is 21.3 Å². The number of aromatic nitrogens is 8. The molecule has 626 valence electrons. The van der Waals surface area contributed by atoms with Gasteiger partial charge in [0.2, 0.25) is 47.4 Å². The number of carbonyl (C=O) groups excluding carboxylic acids is 4. The average molecular weight is 1650 g/mol. The van der Waals surface area contributed by atoms with E-state index in [0.717, 1.165) is 103 Å². The first-order valence-electron chi connectivity index (χ1n) is 37.2. The Hall–Kier alpha value is -12.0. The van der Waals surface area contributed by atoms with Gasteiger partial charge in [-0.15, -0.1) is 39.5 Å². The van der Waals surface area contributed by atoms with Crippen molar-refractivity contribution < 1.29 is 90.5 Å². The molecule has 0 spiro atoms. The minimum absolute atomic E-state index is 0. The number of hydrogen-bond donors (Lipinski definition) is 4. The number of rotatable bonds is 17. The van der Waals surface area contributed by atoms with Crippen molar-refractivity contribution in [3.63, 3.8) is 0 Å². The molecule has 12 aromatic rings. The maximum atomic E-state index is 14.4. The Morgan fingerprint density at radius 2 is 0.644 bits per heavy atom. The molecule has 8 aromatic carbocycles. The molecule has 0 unspecified atom stereocenters. The molecule has 4 N–H and O–H groups in total. The number of fused-ring (bicyclic) bond motifs is 4. The van der Waals surface area contributed by atoms with E-state index in [1.165, 1.54) is 51.6 Å². The Morgan fingerprint density at radius 3 is 0.915 bits per heavy atom. The van der Waals surface area contributed by atoms with Crippen LogP contribution < -0.4 is 35.5 Å². The Labute approximate surface area is 671 Å². The van der Waals surface area contributed by atoms with Crippen molar-refractivity contribution in [1.29, 1.82) is 0 Å². The van der Waals surface area contributed by atoms with Gasteiger partial charge in [0.05, 0.1) is 61.2 Å². The van der Waals surface area contributed by atoms with Gasteiger partial charge in [0.15, 0.2) is 34.8 Å². The van der Waals surface area contributed by atoms with Gasteiger partial charge >= 0.3 is 19.1 Å². The molecule has 4 amide bonds. The van der Waals surface area contributed by atoms with Gasteiger partial charge in [0.25, 0.3) is 0 Å². The number of nitrogens with one attached hydrogen (secondary N) is 4. The SMILES string of the molecule is C.Cc1ccc2nc(NC(=O)CC(C)(C)C)n(-c3ccc(F)c(F)c3)c2c1.Cc1ccc2nc(NC(=O)CC(C)(C)C)n(-c3ccc(OC(F)(F)F)c(F)c3)c2c1.Cc1ccc2nc(NC(=O)CC3(C)CCC3)n(-c3ccc(OC(F)(F)F)c(F)c3)c2c1.Cc1ccc2nc(NC(=O)CC3(C)CCC3)n(-c3ccc(OC(F)(F)F)cc3)c2c1. The van der Waals surface area contributed by atoms with Gasteiger partial charge in [-0.2, -0.15) is 0 Å². The predicted molar refractivity (Wildman–Crippen MR) is 426 cm³/mol. The quantitative estimate of drug-likeness (QED) is 0.0629. The number of carbonyl (C=O) groups is 4. The van der Waals surface area contributed by atoms with E-state index in [2.05, 4.69) is 69.3 Å². The number of amides is 4. The van der Waals surface area contributed by atoms with E-state index in [4.69, 9.17) is 0 Å². The largest absolute Gasteiger partial charge is 0.573 e. The summed E-state index contributed by atoms with van der Waals surface area (Å²) in [7, 11) is 0. The summed E-state index contributed by atoms with van der Waals surface area (Å²) in [6.07, 6.45) is -7.26. The topological polar surface area (TPSA) is 215 Å². The van der Waals surface area contributed by atoms with Gasteiger partial charge in [-0.1, -0.05) is 99.9 Å². The van der Waals surface area contributed by atoms with Crippen molar-refractivity contribution in [2.45, 2.75) is 174 Å². The monoisotopic (exact) mass is 1650 g/mol. The van der Waals surface area contributed by atoms with E-state index in [1.54, 1.807) is 27.3 Å². The van der Waals surface area contributed by atoms with Crippen LogP contribution in [0.3, 0.4) is 0 Å². The first kappa shape index (κ1) is 88.4. The van der Waals surface area contributed by atoms with Crippen LogP contribution in [0.25, 0.3) is 66.9 Å². The molecule has 32 heteroatoms. The molecule has 0 aliphatic heterocycles. The molecule has 0 saturated heterocycles. The molecule has 14 rings (SSSR count). The van der Waals surface area contributed by atoms with Crippen LogP contribution in [-0.4, -0.2) is 80.9 Å². The molecule has 2 aliphatic rings. The summed E-state index contributed by atoms with van der Waals surface area (Å²) in [5.74, 6) is -6.28. The van der Waals surface area contributed by atoms with Crippen LogP contribution in [0, 0.1) is 72.6 Å². The second-order valence-electron chi connectivity index (χ2n) is 32.4. The Bertz CT molecular complexity index is 5710. The molecule has 4 heterocycles. The predicted octanol–water partition coefficient (Wildman–Crippen LogP) is 23.0. The molecule has 2 fully saturated rings. The summed E-state index contributed by atoms with van der Waals surface area (Å²) >= 11 is 0. The highest BCUT2D eigenvalue weighted by Gasteiger charge is 2.38. The van der Waals surface area contributed by atoms with E-state index >= 15 is 0 Å². The number of alkyl halides is 9. The number of imidazole rings is 4. The summed E-state index contributed by atoms with van der Waals surface area (Å²) in [6.45, 7) is 23.4. The second-order valence-corrected chi connectivity index (χ2v) is 32.4. The minimum Gasteiger partial charge on any atom is -0.406 e. The molecule has 2 saturated carbocycles. The zero-order chi connectivity index (χ0) is 85.2. The van der Waals surface area contributed by atoms with Gasteiger partial charge in [-0.3, -0.25) is 58.7 Å². The van der Waals surface area contributed by atoms with Crippen LogP contribution in [0.5, 0.6) is 17.2 Å². The number of aryl methyl sites for hydroxylation is 4. The highest BCUT2D eigenvalue weighted by molar-refractivity contribution is 5.96. The third-order valence-corrected chi connectivity index (χ3v) is 19.2. The average Bonchev–Trinajstić information content (AvgIpc) is 1.64. The van der Waals surface area contributed by atoms with E-state index < -0.39 is 53.9 Å². The molecule has 4 aromatic heterocycles. The zero-order valence-corrected chi connectivity index (χ0v) is 65.9. The molecule has 0 bridgehead atoms.